The standard InChI is InChI=1S/C12H14ClFN2O4/c1-6(2)11(12(17)20-3)15-9-4-7(13)8(14)5-10(9)16(18)19/h4-6,11,15H,1-3H3. The zero-order valence-electron chi connectivity index (χ0n) is 11.1. The van der Waals surface area contributed by atoms with Crippen LogP contribution in [0.25, 0.3) is 0 Å². The molecule has 20 heavy (non-hydrogen) atoms. The lowest BCUT2D eigenvalue weighted by atomic mass is 10.0. The fraction of sp³-hybridized carbons (Fsp3) is 0.417. The van der Waals surface area contributed by atoms with Crippen LogP contribution in [0.4, 0.5) is 15.8 Å². The summed E-state index contributed by atoms with van der Waals surface area (Å²) in [6.45, 7) is 3.48. The van der Waals surface area contributed by atoms with Crippen LogP contribution in [-0.2, 0) is 9.53 Å². The normalized spacial score (nSPS) is 12.1. The van der Waals surface area contributed by atoms with Crippen LogP contribution in [-0.4, -0.2) is 24.0 Å². The first kappa shape index (κ1) is 16.2. The van der Waals surface area contributed by atoms with Gasteiger partial charge in [-0.15, -0.1) is 0 Å². The lowest BCUT2D eigenvalue weighted by molar-refractivity contribution is -0.384. The number of nitrogens with one attached hydrogen (secondary N) is 1. The lowest BCUT2D eigenvalue weighted by Gasteiger charge is -2.21. The molecule has 8 heteroatoms. The van der Waals surface area contributed by atoms with Crippen molar-refractivity contribution in [3.63, 3.8) is 0 Å². The number of carbonyl (C=O) groups excluding carboxylic acids is 1. The van der Waals surface area contributed by atoms with E-state index in [-0.39, 0.29) is 16.6 Å². The van der Waals surface area contributed by atoms with Gasteiger partial charge in [-0.3, -0.25) is 10.1 Å². The largest absolute Gasteiger partial charge is 0.467 e. The molecule has 1 N–H and O–H groups in total. The Hall–Kier alpha value is -1.89. The Morgan fingerprint density at radius 2 is 2.10 bits per heavy atom. The average Bonchev–Trinajstić information content (AvgIpc) is 2.37. The summed E-state index contributed by atoms with van der Waals surface area (Å²) in [6, 6.07) is 0.979. The molecule has 1 aromatic carbocycles. The second kappa shape index (κ2) is 6.51. The molecule has 0 amide bonds. The van der Waals surface area contributed by atoms with Crippen molar-refractivity contribution in [1.82, 2.24) is 0 Å². The van der Waals surface area contributed by atoms with Crippen LogP contribution in [0.15, 0.2) is 12.1 Å². The number of rotatable bonds is 5. The van der Waals surface area contributed by atoms with E-state index in [1.807, 2.05) is 0 Å². The number of halogens is 2. The molecule has 0 saturated carbocycles. The van der Waals surface area contributed by atoms with Crippen LogP contribution in [0.2, 0.25) is 5.02 Å². The molecule has 0 bridgehead atoms. The van der Waals surface area contributed by atoms with Gasteiger partial charge in [0.15, 0.2) is 0 Å². The number of esters is 1. The number of anilines is 1. The molecular weight excluding hydrogens is 291 g/mol. The first-order valence-corrected chi connectivity index (χ1v) is 6.13. The van der Waals surface area contributed by atoms with Gasteiger partial charge in [0.1, 0.15) is 17.5 Å². The highest BCUT2D eigenvalue weighted by molar-refractivity contribution is 6.31. The molecule has 1 unspecified atom stereocenters. The quantitative estimate of drug-likeness (QED) is 0.514. The van der Waals surface area contributed by atoms with E-state index in [9.17, 15) is 19.3 Å². The third kappa shape index (κ3) is 3.57. The SMILES string of the molecule is COC(=O)C(Nc1cc(Cl)c(F)cc1[N+](=O)[O-])C(C)C. The van der Waals surface area contributed by atoms with E-state index < -0.39 is 28.4 Å². The van der Waals surface area contributed by atoms with Gasteiger partial charge in [0, 0.05) is 0 Å². The van der Waals surface area contributed by atoms with E-state index in [0.29, 0.717) is 6.07 Å². The Bertz CT molecular complexity index is 536. The molecule has 0 spiro atoms. The van der Waals surface area contributed by atoms with Gasteiger partial charge in [0.05, 0.1) is 23.1 Å². The number of carbonyl (C=O) groups is 1. The number of nitro groups is 1. The van der Waals surface area contributed by atoms with E-state index in [4.69, 9.17) is 11.6 Å². The van der Waals surface area contributed by atoms with Crippen LogP contribution in [0.1, 0.15) is 13.8 Å². The second-order valence-corrected chi connectivity index (χ2v) is 4.84. The first-order valence-electron chi connectivity index (χ1n) is 5.75. The predicted octanol–water partition coefficient (Wildman–Crippen LogP) is 3.00. The Morgan fingerprint density at radius 3 is 2.55 bits per heavy atom. The molecule has 0 aliphatic carbocycles. The van der Waals surface area contributed by atoms with Crippen molar-refractivity contribution in [2.75, 3.05) is 12.4 Å². The van der Waals surface area contributed by atoms with E-state index >= 15 is 0 Å². The van der Waals surface area contributed by atoms with E-state index in [0.717, 1.165) is 6.07 Å². The van der Waals surface area contributed by atoms with Gasteiger partial charge in [-0.25, -0.2) is 9.18 Å². The number of hydrogen-bond donors (Lipinski definition) is 1. The maximum Gasteiger partial charge on any atom is 0.328 e. The van der Waals surface area contributed by atoms with Crippen molar-refractivity contribution < 1.29 is 18.8 Å². The minimum atomic E-state index is -0.900. The smallest absolute Gasteiger partial charge is 0.328 e. The molecule has 1 aromatic rings. The summed E-state index contributed by atoms with van der Waals surface area (Å²) in [5.41, 5.74) is -0.535. The highest BCUT2D eigenvalue weighted by Gasteiger charge is 2.27. The van der Waals surface area contributed by atoms with Crippen LogP contribution < -0.4 is 5.32 Å². The van der Waals surface area contributed by atoms with Crippen LogP contribution in [0.3, 0.4) is 0 Å². The zero-order chi connectivity index (χ0) is 15.4. The van der Waals surface area contributed by atoms with Crippen molar-refractivity contribution in [2.24, 2.45) is 5.92 Å². The zero-order valence-corrected chi connectivity index (χ0v) is 11.9. The molecule has 110 valence electrons. The third-order valence-electron chi connectivity index (χ3n) is 2.67. The fourth-order valence-electron chi connectivity index (χ4n) is 1.60. The van der Waals surface area contributed by atoms with Gasteiger partial charge in [0.25, 0.3) is 5.69 Å². The van der Waals surface area contributed by atoms with Gasteiger partial charge in [-0.2, -0.15) is 0 Å². The Balaban J connectivity index is 3.21. The van der Waals surface area contributed by atoms with Crippen LogP contribution in [0.5, 0.6) is 0 Å². The van der Waals surface area contributed by atoms with Crippen molar-refractivity contribution in [1.29, 1.82) is 0 Å². The van der Waals surface area contributed by atoms with Gasteiger partial charge in [0.2, 0.25) is 0 Å². The average molecular weight is 305 g/mol. The number of benzene rings is 1. The van der Waals surface area contributed by atoms with E-state index in [1.54, 1.807) is 13.8 Å². The van der Waals surface area contributed by atoms with Gasteiger partial charge in [-0.1, -0.05) is 25.4 Å². The Kier molecular flexibility index (Phi) is 5.26. The number of nitro benzene ring substituents is 1. The maximum absolute atomic E-state index is 13.3. The molecule has 0 aliphatic heterocycles. The predicted molar refractivity (Wildman–Crippen MR) is 72.3 cm³/mol. The molecule has 6 nitrogen and oxygen atoms in total. The molecule has 0 aromatic heterocycles. The molecule has 0 fully saturated rings. The summed E-state index contributed by atoms with van der Waals surface area (Å²) in [5.74, 6) is -1.66. The summed E-state index contributed by atoms with van der Waals surface area (Å²) < 4.78 is 17.9. The second-order valence-electron chi connectivity index (χ2n) is 4.43. The summed E-state index contributed by atoms with van der Waals surface area (Å²) >= 11 is 5.61. The van der Waals surface area contributed by atoms with Crippen molar-refractivity contribution in [2.45, 2.75) is 19.9 Å². The van der Waals surface area contributed by atoms with E-state index in [2.05, 4.69) is 10.1 Å². The van der Waals surface area contributed by atoms with Crippen LogP contribution >= 0.6 is 11.6 Å². The molecule has 0 aliphatic rings. The van der Waals surface area contributed by atoms with Crippen molar-refractivity contribution in [3.05, 3.63) is 33.1 Å². The minimum Gasteiger partial charge on any atom is -0.467 e. The summed E-state index contributed by atoms with van der Waals surface area (Å²) in [6.07, 6.45) is 0. The van der Waals surface area contributed by atoms with E-state index in [1.165, 1.54) is 7.11 Å². The molecule has 0 radical (unpaired) electrons. The van der Waals surface area contributed by atoms with Crippen molar-refractivity contribution >= 4 is 28.9 Å². The molecule has 0 heterocycles. The maximum atomic E-state index is 13.3. The Morgan fingerprint density at radius 1 is 1.50 bits per heavy atom. The summed E-state index contributed by atoms with van der Waals surface area (Å²) in [4.78, 5) is 21.8. The van der Waals surface area contributed by atoms with Crippen molar-refractivity contribution in [3.8, 4) is 0 Å². The number of ether oxygens (including phenoxy) is 1. The van der Waals surface area contributed by atoms with Crippen LogP contribution in [0, 0.1) is 21.8 Å². The van der Waals surface area contributed by atoms with Gasteiger partial charge < -0.3 is 10.1 Å². The molecule has 1 rings (SSSR count). The molecule has 0 saturated heterocycles. The highest BCUT2D eigenvalue weighted by atomic mass is 35.5. The third-order valence-corrected chi connectivity index (χ3v) is 2.96. The Labute approximate surface area is 120 Å². The topological polar surface area (TPSA) is 81.5 Å². The first-order chi connectivity index (χ1) is 9.27. The summed E-state index contributed by atoms with van der Waals surface area (Å²) in [5, 5.41) is 13.3. The number of nitrogens with zero attached hydrogens (tertiary/aromatic N) is 1. The van der Waals surface area contributed by atoms with Gasteiger partial charge in [-0.05, 0) is 12.0 Å². The monoisotopic (exact) mass is 304 g/mol. The number of hydrogen-bond acceptors (Lipinski definition) is 5. The lowest BCUT2D eigenvalue weighted by Crippen LogP contribution is -2.35. The van der Waals surface area contributed by atoms with Gasteiger partial charge >= 0.3 is 5.97 Å². The highest BCUT2D eigenvalue weighted by Crippen LogP contribution is 2.31. The molecular formula is C12H14ClFN2O4. The summed E-state index contributed by atoms with van der Waals surface area (Å²) in [7, 11) is 1.21. The fourth-order valence-corrected chi connectivity index (χ4v) is 1.76. The number of methoxy groups -OCH3 is 1. The minimum absolute atomic E-state index is 0.0366. The molecule has 1 atom stereocenters.